The molecule has 0 aliphatic rings. The molecule has 2 aromatic carbocycles. The minimum Gasteiger partial charge on any atom is -0.497 e. The predicted molar refractivity (Wildman–Crippen MR) is 153 cm³/mol. The second-order valence-electron chi connectivity index (χ2n) is 9.19. The van der Waals surface area contributed by atoms with E-state index in [0.29, 0.717) is 44.5 Å². The van der Waals surface area contributed by atoms with Crippen molar-refractivity contribution in [2.24, 2.45) is 5.92 Å². The first-order chi connectivity index (χ1) is 18.8. The molecule has 0 unspecified atom stereocenters. The number of aliphatic hydroxyl groups is 1. The van der Waals surface area contributed by atoms with Gasteiger partial charge >= 0.3 is 0 Å². The molecule has 0 bridgehead atoms. The average molecular weight is 570 g/mol. The van der Waals surface area contributed by atoms with Gasteiger partial charge in [0.05, 0.1) is 24.3 Å². The summed E-state index contributed by atoms with van der Waals surface area (Å²) in [5.41, 5.74) is 1.87. The van der Waals surface area contributed by atoms with Gasteiger partial charge in [-0.2, -0.15) is 0 Å². The Bertz CT molecular complexity index is 1550. The van der Waals surface area contributed by atoms with Crippen molar-refractivity contribution in [3.63, 3.8) is 0 Å². The number of carbonyl (C=O) groups excluding carboxylic acids is 1. The first kappa shape index (κ1) is 28.4. The highest BCUT2D eigenvalue weighted by atomic mass is 35.5. The van der Waals surface area contributed by atoms with E-state index >= 15 is 0 Å². The van der Waals surface area contributed by atoms with Crippen LogP contribution in [0.4, 0.5) is 0 Å². The van der Waals surface area contributed by atoms with Crippen LogP contribution in [0.15, 0.2) is 59.5 Å². The monoisotopic (exact) mass is 569 g/mol. The summed E-state index contributed by atoms with van der Waals surface area (Å²) in [6.45, 7) is 2.19. The summed E-state index contributed by atoms with van der Waals surface area (Å²) < 4.78 is 12.1. The third-order valence-corrected chi connectivity index (χ3v) is 7.22. The van der Waals surface area contributed by atoms with Crippen molar-refractivity contribution in [3.05, 3.63) is 86.4 Å². The fourth-order valence-corrected chi connectivity index (χ4v) is 4.64. The maximum Gasteiger partial charge on any atom is 0.277 e. The minimum atomic E-state index is -0.461. The van der Waals surface area contributed by atoms with E-state index in [4.69, 9.17) is 32.7 Å². The van der Waals surface area contributed by atoms with Gasteiger partial charge in [0.1, 0.15) is 22.7 Å². The molecule has 2 aromatic heterocycles. The van der Waals surface area contributed by atoms with Gasteiger partial charge in [0, 0.05) is 42.9 Å². The first-order valence-electron chi connectivity index (χ1n) is 12.3. The molecule has 1 atom stereocenters. The van der Waals surface area contributed by atoms with E-state index in [9.17, 15) is 14.7 Å². The van der Waals surface area contributed by atoms with Crippen molar-refractivity contribution in [2.45, 2.75) is 26.4 Å². The number of methoxy groups -OCH3 is 2. The van der Waals surface area contributed by atoms with E-state index in [0.717, 1.165) is 5.56 Å². The Morgan fingerprint density at radius 3 is 2.44 bits per heavy atom. The van der Waals surface area contributed by atoms with Crippen molar-refractivity contribution < 1.29 is 19.4 Å². The number of pyridine rings is 2. The summed E-state index contributed by atoms with van der Waals surface area (Å²) in [6, 6.07) is 13.9. The second-order valence-corrected chi connectivity index (χ2v) is 10.0. The van der Waals surface area contributed by atoms with Crippen molar-refractivity contribution in [1.82, 2.24) is 14.9 Å². The van der Waals surface area contributed by atoms with E-state index in [1.165, 1.54) is 4.57 Å². The highest BCUT2D eigenvalue weighted by Crippen LogP contribution is 2.34. The van der Waals surface area contributed by atoms with E-state index in [2.05, 4.69) is 10.3 Å². The van der Waals surface area contributed by atoms with Gasteiger partial charge < -0.3 is 24.5 Å². The molecule has 4 rings (SSSR count). The number of halogens is 2. The molecule has 0 aliphatic heterocycles. The molecular formula is C29H29Cl2N3O5. The number of rotatable bonds is 10. The van der Waals surface area contributed by atoms with E-state index in [1.807, 2.05) is 6.92 Å². The molecule has 39 heavy (non-hydrogen) atoms. The van der Waals surface area contributed by atoms with Crippen molar-refractivity contribution >= 4 is 40.0 Å². The minimum absolute atomic E-state index is 0.0422. The number of amides is 1. The molecule has 1 amide bonds. The third kappa shape index (κ3) is 6.19. The van der Waals surface area contributed by atoms with Crippen LogP contribution in [0.3, 0.4) is 0 Å². The highest BCUT2D eigenvalue weighted by Gasteiger charge is 2.25. The zero-order valence-electron chi connectivity index (χ0n) is 21.8. The summed E-state index contributed by atoms with van der Waals surface area (Å²) >= 11 is 12.6. The van der Waals surface area contributed by atoms with Crippen LogP contribution in [0.2, 0.25) is 10.0 Å². The number of benzene rings is 2. The van der Waals surface area contributed by atoms with Crippen LogP contribution in [-0.4, -0.2) is 41.4 Å². The quantitative estimate of drug-likeness (QED) is 0.267. The molecular weight excluding hydrogens is 541 g/mol. The maximum absolute atomic E-state index is 13.9. The SMILES string of the molecule is COc1cc(CNC(=O)c2c(-c3ccc(Cl)c(Cl)c3)c3cccnc3c(=O)n2CC[C@@H](C)CO)cc(OC)c1. The summed E-state index contributed by atoms with van der Waals surface area (Å²) in [5, 5.41) is 13.7. The van der Waals surface area contributed by atoms with Crippen LogP contribution in [0.1, 0.15) is 29.4 Å². The molecule has 2 heterocycles. The smallest absolute Gasteiger partial charge is 0.277 e. The normalized spacial score (nSPS) is 11.8. The number of hydrogen-bond donors (Lipinski definition) is 2. The van der Waals surface area contributed by atoms with E-state index in [-0.39, 0.29) is 36.8 Å². The summed E-state index contributed by atoms with van der Waals surface area (Å²) in [6.07, 6.45) is 2.02. The lowest BCUT2D eigenvalue weighted by Gasteiger charge is -2.20. The van der Waals surface area contributed by atoms with E-state index in [1.54, 1.807) is 68.9 Å². The molecule has 4 aromatic rings. The van der Waals surface area contributed by atoms with Crippen LogP contribution in [0, 0.1) is 5.92 Å². The Morgan fingerprint density at radius 1 is 1.08 bits per heavy atom. The number of nitrogens with one attached hydrogen (secondary N) is 1. The largest absolute Gasteiger partial charge is 0.497 e. The molecule has 0 saturated carbocycles. The van der Waals surface area contributed by atoms with Crippen molar-refractivity contribution in [2.75, 3.05) is 20.8 Å². The number of aliphatic hydroxyl groups excluding tert-OH is 1. The Balaban J connectivity index is 1.89. The van der Waals surface area contributed by atoms with Crippen molar-refractivity contribution in [1.29, 1.82) is 0 Å². The third-order valence-electron chi connectivity index (χ3n) is 6.48. The van der Waals surface area contributed by atoms with Gasteiger partial charge in [-0.25, -0.2) is 0 Å². The number of nitrogens with zero attached hydrogens (tertiary/aromatic N) is 2. The standard InChI is InChI=1S/C29H29Cl2N3O5/c1-17(16-35)8-10-34-27(28(36)33-15-18-11-20(38-2)14-21(12-18)39-3)25(19-6-7-23(30)24(31)13-19)22-5-4-9-32-26(22)29(34)37/h4-7,9,11-14,17,35H,8,10,15-16H2,1-3H3,(H,33,36)/t17-/m1/s1. The lowest BCUT2D eigenvalue weighted by molar-refractivity contribution is 0.0940. The summed E-state index contributed by atoms with van der Waals surface area (Å²) in [5.74, 6) is 0.630. The molecule has 2 N–H and O–H groups in total. The van der Waals surface area contributed by atoms with Crippen LogP contribution in [-0.2, 0) is 13.1 Å². The van der Waals surface area contributed by atoms with Gasteiger partial charge in [-0.05, 0) is 53.8 Å². The summed E-state index contributed by atoms with van der Waals surface area (Å²) in [7, 11) is 3.10. The molecule has 0 aliphatic carbocycles. The number of ether oxygens (including phenoxy) is 2. The molecule has 0 saturated heterocycles. The van der Waals surface area contributed by atoms with Crippen LogP contribution in [0.5, 0.6) is 11.5 Å². The molecule has 204 valence electrons. The number of carbonyl (C=O) groups is 1. The van der Waals surface area contributed by atoms with Gasteiger partial charge in [-0.15, -0.1) is 0 Å². The van der Waals surface area contributed by atoms with Gasteiger partial charge in [0.2, 0.25) is 0 Å². The topological polar surface area (TPSA) is 103 Å². The average Bonchev–Trinajstić information content (AvgIpc) is 2.96. The Hall–Kier alpha value is -3.59. The molecule has 0 spiro atoms. The van der Waals surface area contributed by atoms with Crippen LogP contribution in [0.25, 0.3) is 22.0 Å². The predicted octanol–water partition coefficient (Wildman–Crippen LogP) is 5.34. The molecule has 8 nitrogen and oxygen atoms in total. The number of hydrogen-bond acceptors (Lipinski definition) is 6. The molecule has 0 radical (unpaired) electrons. The van der Waals surface area contributed by atoms with Gasteiger partial charge in [-0.3, -0.25) is 14.6 Å². The molecule has 0 fully saturated rings. The first-order valence-corrected chi connectivity index (χ1v) is 13.1. The van der Waals surface area contributed by atoms with Gasteiger partial charge in [-0.1, -0.05) is 42.3 Å². The van der Waals surface area contributed by atoms with Crippen LogP contribution < -0.4 is 20.3 Å². The fraction of sp³-hybridized carbons (Fsp3) is 0.276. The second kappa shape index (κ2) is 12.5. The fourth-order valence-electron chi connectivity index (χ4n) is 4.34. The Kier molecular flexibility index (Phi) is 9.12. The lowest BCUT2D eigenvalue weighted by Crippen LogP contribution is -2.34. The van der Waals surface area contributed by atoms with Crippen LogP contribution >= 0.6 is 23.2 Å². The lowest BCUT2D eigenvalue weighted by atomic mass is 9.97. The Labute approximate surface area is 236 Å². The summed E-state index contributed by atoms with van der Waals surface area (Å²) in [4.78, 5) is 32.0. The zero-order valence-corrected chi connectivity index (χ0v) is 23.3. The molecule has 10 heteroatoms. The zero-order chi connectivity index (χ0) is 28.1. The van der Waals surface area contributed by atoms with Gasteiger partial charge in [0.25, 0.3) is 11.5 Å². The number of fused-ring (bicyclic) bond motifs is 1. The maximum atomic E-state index is 13.9. The highest BCUT2D eigenvalue weighted by molar-refractivity contribution is 6.42. The Morgan fingerprint density at radius 2 is 1.79 bits per heavy atom. The van der Waals surface area contributed by atoms with E-state index < -0.39 is 11.5 Å². The van der Waals surface area contributed by atoms with Crippen molar-refractivity contribution in [3.8, 4) is 22.6 Å². The number of aromatic nitrogens is 2. The van der Waals surface area contributed by atoms with Gasteiger partial charge in [0.15, 0.2) is 0 Å².